The van der Waals surface area contributed by atoms with Crippen LogP contribution in [0, 0.1) is 5.41 Å². The lowest BCUT2D eigenvalue weighted by atomic mass is 9.76. The van der Waals surface area contributed by atoms with Crippen LogP contribution < -0.4 is 0 Å². The summed E-state index contributed by atoms with van der Waals surface area (Å²) in [4.78, 5) is 0. The van der Waals surface area contributed by atoms with Crippen molar-refractivity contribution in [2.75, 3.05) is 0 Å². The van der Waals surface area contributed by atoms with Crippen molar-refractivity contribution < 1.29 is 18.3 Å². The van der Waals surface area contributed by atoms with Gasteiger partial charge in [0, 0.05) is 0 Å². The lowest BCUT2D eigenvalue weighted by molar-refractivity contribution is -0.141. The molecule has 1 unspecified atom stereocenters. The minimum Gasteiger partial charge on any atom is -0.383 e. The molecule has 0 aromatic carbocycles. The second-order valence-corrected chi connectivity index (χ2v) is 4.99. The van der Waals surface area contributed by atoms with Gasteiger partial charge in [-0.3, -0.25) is 5.10 Å². The summed E-state index contributed by atoms with van der Waals surface area (Å²) in [6, 6.07) is 0.839. The van der Waals surface area contributed by atoms with Crippen LogP contribution in [0.2, 0.25) is 0 Å². The Hall–Kier alpha value is -1.04. The van der Waals surface area contributed by atoms with E-state index in [1.54, 1.807) is 20.8 Å². The van der Waals surface area contributed by atoms with Crippen molar-refractivity contribution >= 4 is 0 Å². The maximum Gasteiger partial charge on any atom is 0.432 e. The molecule has 0 bridgehead atoms. The number of aliphatic hydroxyl groups is 1. The molecule has 6 heteroatoms. The number of nitrogens with one attached hydrogen (secondary N) is 1. The number of hydrogen-bond acceptors (Lipinski definition) is 2. The normalized spacial score (nSPS) is 17.2. The smallest absolute Gasteiger partial charge is 0.383 e. The molecule has 0 saturated heterocycles. The van der Waals surface area contributed by atoms with Gasteiger partial charge in [-0.2, -0.15) is 18.3 Å². The molecule has 0 aliphatic rings. The number of aromatic amines is 1. The molecule has 1 aromatic heterocycles. The Kier molecular flexibility index (Phi) is 2.83. The van der Waals surface area contributed by atoms with Gasteiger partial charge >= 0.3 is 6.18 Å². The van der Waals surface area contributed by atoms with Crippen molar-refractivity contribution in [3.05, 3.63) is 17.5 Å². The predicted octanol–water partition coefficient (Wildman–Crippen LogP) is 2.68. The van der Waals surface area contributed by atoms with Crippen molar-refractivity contribution in [2.45, 2.75) is 39.5 Å². The zero-order chi connectivity index (χ0) is 12.8. The summed E-state index contributed by atoms with van der Waals surface area (Å²) in [5.74, 6) is 0. The summed E-state index contributed by atoms with van der Waals surface area (Å²) in [7, 11) is 0. The molecule has 0 saturated carbocycles. The van der Waals surface area contributed by atoms with Crippen LogP contribution in [-0.4, -0.2) is 15.3 Å². The van der Waals surface area contributed by atoms with E-state index in [1.807, 2.05) is 5.10 Å². The molecule has 92 valence electrons. The standard InChI is InChI=1S/C10H15F3N2O/c1-8(2,3)9(4,16)6-5-7(15-14-6)10(11,12)13/h5,16H,1-4H3,(H,14,15). The van der Waals surface area contributed by atoms with Crippen molar-refractivity contribution in [3.63, 3.8) is 0 Å². The Balaban J connectivity index is 3.13. The molecule has 1 heterocycles. The fourth-order valence-electron chi connectivity index (χ4n) is 1.10. The Morgan fingerprint density at radius 1 is 1.19 bits per heavy atom. The first-order valence-corrected chi connectivity index (χ1v) is 4.82. The topological polar surface area (TPSA) is 48.9 Å². The third-order valence-electron chi connectivity index (χ3n) is 2.84. The minimum atomic E-state index is -4.47. The number of alkyl halides is 3. The summed E-state index contributed by atoms with van der Waals surface area (Å²) < 4.78 is 37.0. The van der Waals surface area contributed by atoms with Gasteiger partial charge in [0.25, 0.3) is 0 Å². The molecule has 1 atom stereocenters. The highest BCUT2D eigenvalue weighted by Crippen LogP contribution is 2.39. The van der Waals surface area contributed by atoms with Gasteiger partial charge in [0.05, 0.1) is 5.69 Å². The second-order valence-electron chi connectivity index (χ2n) is 4.99. The molecule has 3 nitrogen and oxygen atoms in total. The summed E-state index contributed by atoms with van der Waals surface area (Å²) in [6.07, 6.45) is -4.47. The van der Waals surface area contributed by atoms with Crippen LogP contribution in [0.15, 0.2) is 6.07 Å². The number of rotatable bonds is 1. The number of nitrogens with zero attached hydrogens (tertiary/aromatic N) is 1. The number of halogens is 3. The van der Waals surface area contributed by atoms with E-state index >= 15 is 0 Å². The summed E-state index contributed by atoms with van der Waals surface area (Å²) in [5.41, 5.74) is -2.99. The molecular weight excluding hydrogens is 221 g/mol. The maximum absolute atomic E-state index is 12.3. The lowest BCUT2D eigenvalue weighted by Gasteiger charge is -2.35. The van der Waals surface area contributed by atoms with E-state index in [1.165, 1.54) is 6.92 Å². The predicted molar refractivity (Wildman–Crippen MR) is 52.6 cm³/mol. The fourth-order valence-corrected chi connectivity index (χ4v) is 1.10. The molecule has 16 heavy (non-hydrogen) atoms. The van der Waals surface area contributed by atoms with Gasteiger partial charge in [0.1, 0.15) is 11.3 Å². The van der Waals surface area contributed by atoms with Gasteiger partial charge in [0.2, 0.25) is 0 Å². The molecule has 0 aliphatic heterocycles. The zero-order valence-electron chi connectivity index (χ0n) is 9.61. The largest absolute Gasteiger partial charge is 0.432 e. The molecule has 0 fully saturated rings. The molecule has 0 aliphatic carbocycles. The first-order valence-electron chi connectivity index (χ1n) is 4.82. The van der Waals surface area contributed by atoms with Crippen LogP contribution in [0.4, 0.5) is 13.2 Å². The van der Waals surface area contributed by atoms with E-state index in [4.69, 9.17) is 0 Å². The van der Waals surface area contributed by atoms with Crippen LogP contribution in [0.25, 0.3) is 0 Å². The SMILES string of the molecule is CC(C)(C)C(C)(O)c1cc(C(F)(F)F)[nH]n1. The van der Waals surface area contributed by atoms with Crippen LogP contribution in [0.3, 0.4) is 0 Å². The third kappa shape index (κ3) is 2.21. The first kappa shape index (κ1) is 13.0. The molecule has 0 amide bonds. The number of hydrogen-bond donors (Lipinski definition) is 2. The quantitative estimate of drug-likeness (QED) is 0.787. The van der Waals surface area contributed by atoms with Crippen molar-refractivity contribution in [1.82, 2.24) is 10.2 Å². The Morgan fingerprint density at radius 3 is 2.00 bits per heavy atom. The molecule has 1 aromatic rings. The van der Waals surface area contributed by atoms with Gasteiger partial charge in [-0.05, 0) is 18.4 Å². The Labute approximate surface area is 91.7 Å². The summed E-state index contributed by atoms with van der Waals surface area (Å²) in [6.45, 7) is 6.64. The molecule has 0 spiro atoms. The lowest BCUT2D eigenvalue weighted by Crippen LogP contribution is -2.37. The third-order valence-corrected chi connectivity index (χ3v) is 2.84. The van der Waals surface area contributed by atoms with E-state index in [2.05, 4.69) is 5.10 Å². The van der Waals surface area contributed by atoms with E-state index in [0.29, 0.717) is 0 Å². The summed E-state index contributed by atoms with van der Waals surface area (Å²) in [5, 5.41) is 15.6. The molecule has 1 rings (SSSR count). The van der Waals surface area contributed by atoms with Gasteiger partial charge in [-0.15, -0.1) is 0 Å². The van der Waals surface area contributed by atoms with Gasteiger partial charge in [-0.1, -0.05) is 20.8 Å². The zero-order valence-corrected chi connectivity index (χ0v) is 9.61. The average Bonchev–Trinajstić information content (AvgIpc) is 2.47. The van der Waals surface area contributed by atoms with Gasteiger partial charge in [0.15, 0.2) is 0 Å². The van der Waals surface area contributed by atoms with Crippen molar-refractivity contribution in [3.8, 4) is 0 Å². The van der Waals surface area contributed by atoms with Crippen molar-refractivity contribution in [2.24, 2.45) is 5.41 Å². The average molecular weight is 236 g/mol. The van der Waals surface area contributed by atoms with E-state index in [9.17, 15) is 18.3 Å². The van der Waals surface area contributed by atoms with E-state index < -0.39 is 22.9 Å². The Morgan fingerprint density at radius 2 is 1.69 bits per heavy atom. The molecular formula is C10H15F3N2O. The highest BCUT2D eigenvalue weighted by atomic mass is 19.4. The highest BCUT2D eigenvalue weighted by Gasteiger charge is 2.41. The van der Waals surface area contributed by atoms with E-state index in [0.717, 1.165) is 6.07 Å². The highest BCUT2D eigenvalue weighted by molar-refractivity contribution is 5.19. The van der Waals surface area contributed by atoms with Gasteiger partial charge < -0.3 is 5.11 Å². The minimum absolute atomic E-state index is 0.00711. The monoisotopic (exact) mass is 236 g/mol. The van der Waals surface area contributed by atoms with Crippen LogP contribution in [0.1, 0.15) is 39.1 Å². The van der Waals surface area contributed by atoms with Gasteiger partial charge in [-0.25, -0.2) is 0 Å². The number of aromatic nitrogens is 2. The maximum atomic E-state index is 12.3. The molecule has 0 radical (unpaired) electrons. The Bertz CT molecular complexity index is 374. The van der Waals surface area contributed by atoms with Crippen LogP contribution in [-0.2, 0) is 11.8 Å². The second kappa shape index (κ2) is 3.48. The fraction of sp³-hybridized carbons (Fsp3) is 0.700. The van der Waals surface area contributed by atoms with Crippen LogP contribution in [0.5, 0.6) is 0 Å². The first-order chi connectivity index (χ1) is 6.96. The van der Waals surface area contributed by atoms with Crippen molar-refractivity contribution in [1.29, 1.82) is 0 Å². The summed E-state index contributed by atoms with van der Waals surface area (Å²) >= 11 is 0. The van der Waals surface area contributed by atoms with E-state index in [-0.39, 0.29) is 5.69 Å². The number of H-pyrrole nitrogens is 1. The molecule has 2 N–H and O–H groups in total. The van der Waals surface area contributed by atoms with Crippen LogP contribution >= 0.6 is 0 Å².